The summed E-state index contributed by atoms with van der Waals surface area (Å²) in [5.74, 6) is 0.943. The Bertz CT molecular complexity index is 675. The second-order valence-corrected chi connectivity index (χ2v) is 7.39. The zero-order valence-electron chi connectivity index (χ0n) is 14.6. The summed E-state index contributed by atoms with van der Waals surface area (Å²) in [6.07, 6.45) is 4.91. The van der Waals surface area contributed by atoms with Crippen molar-refractivity contribution in [3.8, 4) is 0 Å². The number of carbonyl (C=O) groups is 1. The molecule has 0 spiro atoms. The van der Waals surface area contributed by atoms with Gasteiger partial charge in [0.15, 0.2) is 5.16 Å². The molecule has 1 N–H and O–H groups in total. The number of carbonyl (C=O) groups excluding carboxylic acids is 1. The molecule has 0 bridgehead atoms. The summed E-state index contributed by atoms with van der Waals surface area (Å²) in [6.45, 7) is 2.47. The smallest absolute Gasteiger partial charge is 0.237 e. The number of aryl methyl sites for hydroxylation is 1. The van der Waals surface area contributed by atoms with E-state index in [1.807, 2.05) is 17.7 Å². The topological polar surface area (TPSA) is 63.1 Å². The average molecular weight is 359 g/mol. The molecule has 0 aliphatic carbocycles. The number of benzene rings is 1. The molecule has 1 aliphatic heterocycles. The van der Waals surface area contributed by atoms with Crippen LogP contribution in [-0.4, -0.2) is 50.5 Å². The van der Waals surface area contributed by atoms with Crippen LogP contribution >= 0.6 is 11.8 Å². The lowest BCUT2D eigenvalue weighted by atomic mass is 10.0. The van der Waals surface area contributed by atoms with Gasteiger partial charge in [-0.15, -0.1) is 10.2 Å². The molecule has 1 fully saturated rings. The molecule has 1 saturated heterocycles. The van der Waals surface area contributed by atoms with Crippen LogP contribution in [0.4, 0.5) is 0 Å². The highest BCUT2D eigenvalue weighted by Crippen LogP contribution is 2.20. The van der Waals surface area contributed by atoms with Crippen molar-refractivity contribution in [1.82, 2.24) is 25.0 Å². The van der Waals surface area contributed by atoms with Gasteiger partial charge in [0.2, 0.25) is 5.91 Å². The van der Waals surface area contributed by atoms with E-state index in [0.29, 0.717) is 6.54 Å². The molecule has 1 atom stereocenters. The molecule has 25 heavy (non-hydrogen) atoms. The van der Waals surface area contributed by atoms with E-state index in [2.05, 4.69) is 44.7 Å². The van der Waals surface area contributed by atoms with Gasteiger partial charge in [-0.05, 0) is 24.9 Å². The van der Waals surface area contributed by atoms with Gasteiger partial charge in [0.1, 0.15) is 6.33 Å². The summed E-state index contributed by atoms with van der Waals surface area (Å²) in [6, 6.07) is 10.4. The predicted molar refractivity (Wildman–Crippen MR) is 99.2 cm³/mol. The number of nitrogens with zero attached hydrogens (tertiary/aromatic N) is 4. The normalized spacial score (nSPS) is 18.2. The highest BCUT2D eigenvalue weighted by atomic mass is 32.2. The number of thioether (sulfide) groups is 1. The molecule has 6 nitrogen and oxygen atoms in total. The van der Waals surface area contributed by atoms with Crippen molar-refractivity contribution in [2.45, 2.75) is 37.0 Å². The maximum Gasteiger partial charge on any atom is 0.237 e. The standard InChI is InChI=1S/C18H25N5OS/c1-22-14-20-21-18(22)25-12-10-19-17(24)16-9-5-6-11-23(16)13-15-7-3-2-4-8-15/h2-4,7-8,14,16H,5-6,9-13H2,1H3,(H,19,24). The van der Waals surface area contributed by atoms with Crippen molar-refractivity contribution in [3.63, 3.8) is 0 Å². The van der Waals surface area contributed by atoms with Crippen LogP contribution in [-0.2, 0) is 18.4 Å². The van der Waals surface area contributed by atoms with E-state index in [9.17, 15) is 4.79 Å². The van der Waals surface area contributed by atoms with E-state index >= 15 is 0 Å². The first kappa shape index (κ1) is 17.9. The monoisotopic (exact) mass is 359 g/mol. The first-order valence-corrected chi connectivity index (χ1v) is 9.75. The zero-order valence-corrected chi connectivity index (χ0v) is 15.4. The number of nitrogens with one attached hydrogen (secondary N) is 1. The zero-order chi connectivity index (χ0) is 17.5. The Hall–Kier alpha value is -1.86. The van der Waals surface area contributed by atoms with Crippen molar-refractivity contribution in [3.05, 3.63) is 42.2 Å². The molecule has 7 heteroatoms. The molecular formula is C18H25N5OS. The Kier molecular flexibility index (Phi) is 6.47. The Labute approximate surface area is 153 Å². The first-order chi connectivity index (χ1) is 12.2. The van der Waals surface area contributed by atoms with E-state index in [1.54, 1.807) is 18.1 Å². The fourth-order valence-corrected chi connectivity index (χ4v) is 3.88. The van der Waals surface area contributed by atoms with Gasteiger partial charge in [-0.2, -0.15) is 0 Å². The fourth-order valence-electron chi connectivity index (χ4n) is 3.13. The Morgan fingerprint density at radius 2 is 2.16 bits per heavy atom. The molecule has 2 heterocycles. The molecule has 134 valence electrons. The highest BCUT2D eigenvalue weighted by Gasteiger charge is 2.28. The summed E-state index contributed by atoms with van der Waals surface area (Å²) < 4.78 is 1.88. The van der Waals surface area contributed by atoms with E-state index in [4.69, 9.17) is 0 Å². The number of hydrogen-bond donors (Lipinski definition) is 1. The van der Waals surface area contributed by atoms with Crippen LogP contribution in [0.2, 0.25) is 0 Å². The molecule has 0 radical (unpaired) electrons. The Morgan fingerprint density at radius 3 is 2.92 bits per heavy atom. The summed E-state index contributed by atoms with van der Waals surface area (Å²) in [7, 11) is 1.92. The molecule has 1 aliphatic rings. The highest BCUT2D eigenvalue weighted by molar-refractivity contribution is 7.99. The summed E-state index contributed by atoms with van der Waals surface area (Å²) in [5, 5.41) is 11.9. The van der Waals surface area contributed by atoms with Crippen LogP contribution in [0.1, 0.15) is 24.8 Å². The maximum atomic E-state index is 12.6. The van der Waals surface area contributed by atoms with Gasteiger partial charge in [-0.25, -0.2) is 0 Å². The van der Waals surface area contributed by atoms with Gasteiger partial charge >= 0.3 is 0 Å². The molecule has 3 rings (SSSR count). The molecule has 0 saturated carbocycles. The maximum absolute atomic E-state index is 12.6. The SMILES string of the molecule is Cn1cnnc1SCCNC(=O)C1CCCCN1Cc1ccccc1. The molecule has 1 amide bonds. The predicted octanol–water partition coefficient (Wildman–Crippen LogP) is 2.08. The molecule has 1 aromatic carbocycles. The van der Waals surface area contributed by atoms with Crippen LogP contribution in [0.15, 0.2) is 41.8 Å². The van der Waals surface area contributed by atoms with Crippen LogP contribution < -0.4 is 5.32 Å². The van der Waals surface area contributed by atoms with E-state index in [0.717, 1.165) is 36.8 Å². The van der Waals surface area contributed by atoms with Gasteiger partial charge < -0.3 is 9.88 Å². The third-order valence-corrected chi connectivity index (χ3v) is 5.48. The first-order valence-electron chi connectivity index (χ1n) is 8.76. The average Bonchev–Trinajstić information content (AvgIpc) is 3.05. The second-order valence-electron chi connectivity index (χ2n) is 6.33. The minimum atomic E-state index is -0.0196. The van der Waals surface area contributed by atoms with Crippen molar-refractivity contribution in [2.24, 2.45) is 7.05 Å². The van der Waals surface area contributed by atoms with Gasteiger partial charge in [0.25, 0.3) is 0 Å². The van der Waals surface area contributed by atoms with Gasteiger partial charge in [-0.1, -0.05) is 48.5 Å². The third-order valence-electron chi connectivity index (χ3n) is 4.45. The molecule has 1 aromatic heterocycles. The molecule has 1 unspecified atom stereocenters. The van der Waals surface area contributed by atoms with Crippen LogP contribution in [0.3, 0.4) is 0 Å². The van der Waals surface area contributed by atoms with Crippen molar-refractivity contribution in [1.29, 1.82) is 0 Å². The van der Waals surface area contributed by atoms with E-state index in [-0.39, 0.29) is 11.9 Å². The van der Waals surface area contributed by atoms with Crippen LogP contribution in [0, 0.1) is 0 Å². The van der Waals surface area contributed by atoms with Gasteiger partial charge in [0, 0.05) is 25.9 Å². The van der Waals surface area contributed by atoms with E-state index in [1.165, 1.54) is 12.0 Å². The minimum absolute atomic E-state index is 0.0196. The van der Waals surface area contributed by atoms with Gasteiger partial charge in [0.05, 0.1) is 6.04 Å². The largest absolute Gasteiger partial charge is 0.354 e. The Morgan fingerprint density at radius 1 is 1.32 bits per heavy atom. The van der Waals surface area contributed by atoms with Crippen molar-refractivity contribution < 1.29 is 4.79 Å². The summed E-state index contributed by atoms with van der Waals surface area (Å²) in [4.78, 5) is 14.9. The van der Waals surface area contributed by atoms with Crippen LogP contribution in [0.5, 0.6) is 0 Å². The number of likely N-dealkylation sites (tertiary alicyclic amines) is 1. The third kappa shape index (κ3) is 5.06. The quantitative estimate of drug-likeness (QED) is 0.606. The lowest BCUT2D eigenvalue weighted by Gasteiger charge is -2.34. The summed E-state index contributed by atoms with van der Waals surface area (Å²) >= 11 is 1.61. The molecular weight excluding hydrogens is 334 g/mol. The minimum Gasteiger partial charge on any atom is -0.354 e. The molecule has 2 aromatic rings. The number of aromatic nitrogens is 3. The number of rotatable bonds is 7. The van der Waals surface area contributed by atoms with Crippen molar-refractivity contribution >= 4 is 17.7 Å². The van der Waals surface area contributed by atoms with Crippen molar-refractivity contribution in [2.75, 3.05) is 18.8 Å². The van der Waals surface area contributed by atoms with Gasteiger partial charge in [-0.3, -0.25) is 9.69 Å². The van der Waals surface area contributed by atoms with Crippen LogP contribution in [0.25, 0.3) is 0 Å². The summed E-state index contributed by atoms with van der Waals surface area (Å²) in [5.41, 5.74) is 1.26. The second kappa shape index (κ2) is 9.01. The lowest BCUT2D eigenvalue weighted by Crippen LogP contribution is -2.49. The number of piperidine rings is 1. The number of amides is 1. The van der Waals surface area contributed by atoms with E-state index < -0.39 is 0 Å². The fraction of sp³-hybridized carbons (Fsp3) is 0.500. The number of hydrogen-bond acceptors (Lipinski definition) is 5. The lowest BCUT2D eigenvalue weighted by molar-refractivity contribution is -0.127. The Balaban J connectivity index is 1.48.